The molecule has 154 valence electrons. The van der Waals surface area contributed by atoms with Crippen molar-refractivity contribution in [3.63, 3.8) is 0 Å². The highest BCUT2D eigenvalue weighted by Gasteiger charge is 2.25. The molecule has 0 atom stereocenters. The predicted molar refractivity (Wildman–Crippen MR) is 133 cm³/mol. The highest BCUT2D eigenvalue weighted by Crippen LogP contribution is 2.47. The van der Waals surface area contributed by atoms with E-state index in [4.69, 9.17) is 14.4 Å². The fourth-order valence-corrected chi connectivity index (χ4v) is 6.14. The number of benzene rings is 4. The van der Waals surface area contributed by atoms with Crippen molar-refractivity contribution in [2.24, 2.45) is 0 Å². The van der Waals surface area contributed by atoms with Gasteiger partial charge in [0, 0.05) is 31.5 Å². The van der Waals surface area contributed by atoms with E-state index >= 15 is 0 Å². The van der Waals surface area contributed by atoms with Crippen LogP contribution in [0.1, 0.15) is 0 Å². The van der Waals surface area contributed by atoms with Gasteiger partial charge < -0.3 is 4.42 Å². The zero-order valence-corrected chi connectivity index (χ0v) is 18.1. The summed E-state index contributed by atoms with van der Waals surface area (Å²) in [6.07, 6.45) is 0. The molecule has 8 rings (SSSR count). The summed E-state index contributed by atoms with van der Waals surface area (Å²) in [6, 6.07) is 31.3. The molecule has 1 aliphatic rings. The number of hydrogen-bond acceptors (Lipinski definition) is 4. The first-order valence-electron chi connectivity index (χ1n) is 10.9. The first-order valence-corrected chi connectivity index (χ1v) is 11.7. The lowest BCUT2D eigenvalue weighted by molar-refractivity contribution is 0.642. The Kier molecular flexibility index (Phi) is 3.30. The summed E-state index contributed by atoms with van der Waals surface area (Å²) in [7, 11) is 0. The third kappa shape index (κ3) is 2.27. The van der Waals surface area contributed by atoms with E-state index in [2.05, 4.69) is 83.4 Å². The third-order valence-electron chi connectivity index (χ3n) is 6.43. The second kappa shape index (κ2) is 6.24. The lowest BCUT2D eigenvalue weighted by Crippen LogP contribution is -2.05. The van der Waals surface area contributed by atoms with Gasteiger partial charge in [-0.2, -0.15) is 0 Å². The molecule has 7 aromatic rings. The number of para-hydroxylation sites is 2. The lowest BCUT2D eigenvalue weighted by Gasteiger charge is -2.19. The summed E-state index contributed by atoms with van der Waals surface area (Å²) in [6.45, 7) is 0. The molecular weight excluding hydrogens is 426 g/mol. The quantitative estimate of drug-likeness (QED) is 0.263. The smallest absolute Gasteiger partial charge is 0.238 e. The Bertz CT molecular complexity index is 1910. The molecule has 5 heteroatoms. The van der Waals surface area contributed by atoms with Crippen LogP contribution < -0.4 is 0 Å². The fourth-order valence-electron chi connectivity index (χ4n) is 5.03. The molecule has 0 saturated heterocycles. The van der Waals surface area contributed by atoms with E-state index in [0.717, 1.165) is 55.1 Å². The topological polar surface area (TPSA) is 43.9 Å². The molecule has 0 amide bonds. The van der Waals surface area contributed by atoms with Gasteiger partial charge in [0.05, 0.1) is 22.1 Å². The molecule has 4 nitrogen and oxygen atoms in total. The van der Waals surface area contributed by atoms with Gasteiger partial charge in [-0.25, -0.2) is 14.5 Å². The number of aromatic nitrogens is 3. The Morgan fingerprint density at radius 2 is 1.45 bits per heavy atom. The molecule has 0 unspecified atom stereocenters. The SMILES string of the molecule is c1ccc2c(c1)Sc1cccc3nc(-n4c5ccccc5c5c6ccccc6oc54)nc-2c13. The Hall–Kier alpha value is -4.09. The monoisotopic (exact) mass is 441 g/mol. The van der Waals surface area contributed by atoms with Crippen molar-refractivity contribution in [2.45, 2.75) is 9.79 Å². The highest BCUT2D eigenvalue weighted by molar-refractivity contribution is 7.99. The van der Waals surface area contributed by atoms with E-state index in [9.17, 15) is 0 Å². The maximum atomic E-state index is 6.39. The Balaban J connectivity index is 1.55. The molecule has 33 heavy (non-hydrogen) atoms. The van der Waals surface area contributed by atoms with E-state index in [0.29, 0.717) is 5.95 Å². The van der Waals surface area contributed by atoms with Crippen LogP contribution in [0.3, 0.4) is 0 Å². The maximum Gasteiger partial charge on any atom is 0.238 e. The first-order chi connectivity index (χ1) is 16.4. The summed E-state index contributed by atoms with van der Waals surface area (Å²) in [5, 5.41) is 4.46. The normalized spacial score (nSPS) is 12.7. The van der Waals surface area contributed by atoms with Crippen LogP contribution in [-0.4, -0.2) is 14.5 Å². The predicted octanol–water partition coefficient (Wildman–Crippen LogP) is 7.60. The van der Waals surface area contributed by atoms with E-state index < -0.39 is 0 Å². The molecule has 0 saturated carbocycles. The number of fused-ring (bicyclic) bond motifs is 7. The van der Waals surface area contributed by atoms with Crippen LogP contribution in [0, 0.1) is 0 Å². The minimum Gasteiger partial charge on any atom is -0.439 e. The molecule has 1 aliphatic heterocycles. The summed E-state index contributed by atoms with van der Waals surface area (Å²) in [5.74, 6) is 0.626. The minimum atomic E-state index is 0.626. The van der Waals surface area contributed by atoms with Gasteiger partial charge in [0.15, 0.2) is 0 Å². The van der Waals surface area contributed by atoms with E-state index in [-0.39, 0.29) is 0 Å². The van der Waals surface area contributed by atoms with E-state index in [1.165, 1.54) is 9.79 Å². The van der Waals surface area contributed by atoms with Crippen LogP contribution in [0.15, 0.2) is 105 Å². The molecule has 0 fully saturated rings. The molecule has 0 spiro atoms. The van der Waals surface area contributed by atoms with Crippen LogP contribution in [0.4, 0.5) is 0 Å². The van der Waals surface area contributed by atoms with Gasteiger partial charge >= 0.3 is 0 Å². The molecule has 4 heterocycles. The van der Waals surface area contributed by atoms with Crippen LogP contribution >= 0.6 is 11.8 Å². The molecule has 0 aliphatic carbocycles. The van der Waals surface area contributed by atoms with Crippen LogP contribution in [0.2, 0.25) is 0 Å². The van der Waals surface area contributed by atoms with Gasteiger partial charge in [-0.1, -0.05) is 72.4 Å². The molecule has 4 aromatic carbocycles. The largest absolute Gasteiger partial charge is 0.439 e. The average molecular weight is 442 g/mol. The van der Waals surface area contributed by atoms with Crippen molar-refractivity contribution in [2.75, 3.05) is 0 Å². The summed E-state index contributed by atoms with van der Waals surface area (Å²) in [4.78, 5) is 12.6. The Labute approximate surface area is 192 Å². The van der Waals surface area contributed by atoms with Crippen molar-refractivity contribution in [1.29, 1.82) is 0 Å². The van der Waals surface area contributed by atoms with Crippen molar-refractivity contribution >= 4 is 55.6 Å². The fraction of sp³-hybridized carbons (Fsp3) is 0. The average Bonchev–Trinajstić information content (AvgIpc) is 3.38. The number of rotatable bonds is 1. The molecule has 3 aromatic heterocycles. The summed E-state index contributed by atoms with van der Waals surface area (Å²) >= 11 is 1.78. The summed E-state index contributed by atoms with van der Waals surface area (Å²) in [5.41, 5.74) is 5.75. The summed E-state index contributed by atoms with van der Waals surface area (Å²) < 4.78 is 8.46. The lowest BCUT2D eigenvalue weighted by atomic mass is 10.1. The first kappa shape index (κ1) is 17.5. The van der Waals surface area contributed by atoms with Crippen molar-refractivity contribution in [1.82, 2.24) is 14.5 Å². The van der Waals surface area contributed by atoms with Gasteiger partial charge in [-0.3, -0.25) is 0 Å². The molecular formula is C28H15N3OS. The highest BCUT2D eigenvalue weighted by atomic mass is 32.2. The third-order valence-corrected chi connectivity index (χ3v) is 7.57. The van der Waals surface area contributed by atoms with Gasteiger partial charge in [-0.15, -0.1) is 0 Å². The van der Waals surface area contributed by atoms with E-state index in [1.54, 1.807) is 11.8 Å². The Morgan fingerprint density at radius 3 is 2.42 bits per heavy atom. The number of hydrogen-bond donors (Lipinski definition) is 0. The molecule has 0 bridgehead atoms. The van der Waals surface area contributed by atoms with Gasteiger partial charge in [0.2, 0.25) is 11.7 Å². The second-order valence-corrected chi connectivity index (χ2v) is 9.34. The number of nitrogens with zero attached hydrogens (tertiary/aromatic N) is 3. The zero-order chi connectivity index (χ0) is 21.5. The van der Waals surface area contributed by atoms with Crippen molar-refractivity contribution in [3.05, 3.63) is 91.0 Å². The van der Waals surface area contributed by atoms with Crippen LogP contribution in [-0.2, 0) is 0 Å². The second-order valence-electron chi connectivity index (χ2n) is 8.25. The van der Waals surface area contributed by atoms with E-state index in [1.807, 2.05) is 12.1 Å². The van der Waals surface area contributed by atoms with Gasteiger partial charge in [0.1, 0.15) is 5.58 Å². The molecule has 0 N–H and O–H groups in total. The number of furan rings is 1. The van der Waals surface area contributed by atoms with Gasteiger partial charge in [-0.05, 0) is 30.3 Å². The van der Waals surface area contributed by atoms with Gasteiger partial charge in [0.25, 0.3) is 0 Å². The zero-order valence-electron chi connectivity index (χ0n) is 17.3. The van der Waals surface area contributed by atoms with Crippen molar-refractivity contribution in [3.8, 4) is 17.2 Å². The maximum absolute atomic E-state index is 6.39. The van der Waals surface area contributed by atoms with Crippen LogP contribution in [0.5, 0.6) is 0 Å². The minimum absolute atomic E-state index is 0.626. The molecule has 0 radical (unpaired) electrons. The standard InChI is InChI=1S/C28H15N3OS/c1-4-12-20-16(8-1)24-17-9-2-5-13-21(17)32-27(24)31(20)28-29-19-11-7-15-23-25(19)26(30-28)18-10-3-6-14-22(18)33-23/h1-15H. The van der Waals surface area contributed by atoms with Crippen molar-refractivity contribution < 1.29 is 4.42 Å². The van der Waals surface area contributed by atoms with Crippen LogP contribution in [0.25, 0.3) is 61.1 Å². The Morgan fingerprint density at radius 1 is 0.667 bits per heavy atom.